The molecule has 0 saturated heterocycles. The van der Waals surface area contributed by atoms with Gasteiger partial charge in [-0.25, -0.2) is 9.97 Å². The average Bonchev–Trinajstić information content (AvgIpc) is 3.11. The molecule has 0 aliphatic heterocycles. The van der Waals surface area contributed by atoms with Crippen molar-refractivity contribution in [3.8, 4) is 17.2 Å². The highest BCUT2D eigenvalue weighted by molar-refractivity contribution is 6.33. The van der Waals surface area contributed by atoms with E-state index in [9.17, 15) is 4.79 Å². The van der Waals surface area contributed by atoms with E-state index in [1.165, 1.54) is 6.20 Å². The number of carbonyl (C=O) groups excluding carboxylic acids is 1. The van der Waals surface area contributed by atoms with Crippen molar-refractivity contribution in [1.29, 1.82) is 0 Å². The van der Waals surface area contributed by atoms with Crippen LogP contribution in [0.15, 0.2) is 65.2 Å². The van der Waals surface area contributed by atoms with Crippen LogP contribution in [0.5, 0.6) is 5.75 Å². The highest BCUT2D eigenvalue weighted by Gasteiger charge is 2.13. The minimum atomic E-state index is -0.341. The topological polar surface area (TPSA) is 77.2 Å². The van der Waals surface area contributed by atoms with Crippen molar-refractivity contribution < 1.29 is 13.9 Å². The van der Waals surface area contributed by atoms with Gasteiger partial charge in [0.1, 0.15) is 16.4 Å². The SMILES string of the molecule is COc1ccc(-c2nc3cc(NC(=O)c4cccnc4Cl)ccc3o2)cc1. The molecule has 6 nitrogen and oxygen atoms in total. The number of nitrogens with one attached hydrogen (secondary N) is 1. The molecule has 0 atom stereocenters. The maximum absolute atomic E-state index is 12.4. The van der Waals surface area contributed by atoms with Crippen LogP contribution in [-0.4, -0.2) is 23.0 Å². The second-order valence-corrected chi connectivity index (χ2v) is 6.08. The van der Waals surface area contributed by atoms with Crippen LogP contribution in [0.25, 0.3) is 22.6 Å². The second kappa shape index (κ2) is 7.09. The van der Waals surface area contributed by atoms with E-state index in [0.29, 0.717) is 28.2 Å². The number of pyridine rings is 1. The Labute approximate surface area is 159 Å². The first-order valence-corrected chi connectivity index (χ1v) is 8.49. The lowest BCUT2D eigenvalue weighted by Crippen LogP contribution is -2.12. The molecule has 4 rings (SSSR count). The molecule has 0 aliphatic rings. The lowest BCUT2D eigenvalue weighted by Gasteiger charge is -2.05. The van der Waals surface area contributed by atoms with E-state index in [1.807, 2.05) is 24.3 Å². The molecule has 27 heavy (non-hydrogen) atoms. The first-order chi connectivity index (χ1) is 13.1. The van der Waals surface area contributed by atoms with Crippen LogP contribution in [-0.2, 0) is 0 Å². The van der Waals surface area contributed by atoms with Gasteiger partial charge in [-0.1, -0.05) is 11.6 Å². The van der Waals surface area contributed by atoms with Crippen LogP contribution >= 0.6 is 11.6 Å². The summed E-state index contributed by atoms with van der Waals surface area (Å²) < 4.78 is 11.0. The van der Waals surface area contributed by atoms with Gasteiger partial charge in [-0.15, -0.1) is 0 Å². The van der Waals surface area contributed by atoms with E-state index >= 15 is 0 Å². The van der Waals surface area contributed by atoms with Gasteiger partial charge in [0, 0.05) is 17.4 Å². The van der Waals surface area contributed by atoms with Gasteiger partial charge in [0.25, 0.3) is 5.91 Å². The summed E-state index contributed by atoms with van der Waals surface area (Å²) in [6, 6.07) is 15.9. The zero-order valence-electron chi connectivity index (χ0n) is 14.3. The molecule has 7 heteroatoms. The van der Waals surface area contributed by atoms with Crippen molar-refractivity contribution in [2.24, 2.45) is 0 Å². The van der Waals surface area contributed by atoms with E-state index in [-0.39, 0.29) is 11.1 Å². The number of carbonyl (C=O) groups is 1. The predicted octanol–water partition coefficient (Wildman–Crippen LogP) is 4.80. The van der Waals surface area contributed by atoms with Crippen molar-refractivity contribution in [2.45, 2.75) is 0 Å². The van der Waals surface area contributed by atoms with Gasteiger partial charge in [0.2, 0.25) is 5.89 Å². The number of ether oxygens (including phenoxy) is 1. The van der Waals surface area contributed by atoms with Crippen LogP contribution in [0, 0.1) is 0 Å². The third-order valence-corrected chi connectivity index (χ3v) is 4.29. The molecule has 0 fully saturated rings. The number of benzene rings is 2. The van der Waals surface area contributed by atoms with Gasteiger partial charge in [0.05, 0.1) is 12.7 Å². The van der Waals surface area contributed by atoms with Crippen LogP contribution in [0.1, 0.15) is 10.4 Å². The molecule has 0 aliphatic carbocycles. The van der Waals surface area contributed by atoms with Gasteiger partial charge in [-0.05, 0) is 54.6 Å². The molecule has 0 radical (unpaired) electrons. The zero-order valence-corrected chi connectivity index (χ0v) is 15.0. The van der Waals surface area contributed by atoms with E-state index in [2.05, 4.69) is 15.3 Å². The number of anilines is 1. The molecule has 1 amide bonds. The summed E-state index contributed by atoms with van der Waals surface area (Å²) in [5, 5.41) is 2.95. The number of nitrogens with zero attached hydrogens (tertiary/aromatic N) is 2. The van der Waals surface area contributed by atoms with Crippen LogP contribution in [0.2, 0.25) is 5.15 Å². The number of rotatable bonds is 4. The average molecular weight is 380 g/mol. The summed E-state index contributed by atoms with van der Waals surface area (Å²) in [6.07, 6.45) is 1.53. The summed E-state index contributed by atoms with van der Waals surface area (Å²) in [5.41, 5.74) is 2.98. The standard InChI is InChI=1S/C20H14ClN3O3/c1-26-14-7-4-12(5-8-14)20-24-16-11-13(6-9-17(16)27-20)23-19(25)15-3-2-10-22-18(15)21/h2-11H,1H3,(H,23,25). The summed E-state index contributed by atoms with van der Waals surface area (Å²) in [7, 11) is 1.61. The van der Waals surface area contributed by atoms with E-state index < -0.39 is 0 Å². The maximum atomic E-state index is 12.4. The maximum Gasteiger partial charge on any atom is 0.258 e. The first kappa shape index (κ1) is 17.1. The van der Waals surface area contributed by atoms with Gasteiger partial charge >= 0.3 is 0 Å². The normalized spacial score (nSPS) is 10.7. The summed E-state index contributed by atoms with van der Waals surface area (Å²) in [5.74, 6) is 0.909. The highest BCUT2D eigenvalue weighted by atomic mass is 35.5. The Morgan fingerprint density at radius 2 is 1.96 bits per heavy atom. The number of methoxy groups -OCH3 is 1. The first-order valence-electron chi connectivity index (χ1n) is 8.11. The van der Waals surface area contributed by atoms with E-state index in [0.717, 1.165) is 11.3 Å². The monoisotopic (exact) mass is 379 g/mol. The van der Waals surface area contributed by atoms with Crippen molar-refractivity contribution >= 4 is 34.3 Å². The number of halogens is 1. The molecule has 0 saturated carbocycles. The molecule has 0 spiro atoms. The fourth-order valence-electron chi connectivity index (χ4n) is 2.62. The molecular formula is C20H14ClN3O3. The van der Waals surface area contributed by atoms with E-state index in [1.54, 1.807) is 37.4 Å². The molecule has 1 N–H and O–H groups in total. The minimum Gasteiger partial charge on any atom is -0.497 e. The van der Waals surface area contributed by atoms with Crippen LogP contribution in [0.3, 0.4) is 0 Å². The molecule has 4 aromatic rings. The van der Waals surface area contributed by atoms with Crippen molar-refractivity contribution in [3.05, 3.63) is 71.5 Å². The van der Waals surface area contributed by atoms with Crippen molar-refractivity contribution in [2.75, 3.05) is 12.4 Å². The lowest BCUT2D eigenvalue weighted by molar-refractivity contribution is 0.102. The second-order valence-electron chi connectivity index (χ2n) is 5.73. The van der Waals surface area contributed by atoms with Gasteiger partial charge in [-0.2, -0.15) is 0 Å². The Balaban J connectivity index is 1.60. The quantitative estimate of drug-likeness (QED) is 0.515. The number of hydrogen-bond donors (Lipinski definition) is 1. The number of fused-ring (bicyclic) bond motifs is 1. The molecule has 0 unspecified atom stereocenters. The molecular weight excluding hydrogens is 366 g/mol. The Morgan fingerprint density at radius 1 is 1.15 bits per heavy atom. The number of oxazole rings is 1. The summed E-state index contributed by atoms with van der Waals surface area (Å²) in [4.78, 5) is 20.8. The summed E-state index contributed by atoms with van der Waals surface area (Å²) in [6.45, 7) is 0. The van der Waals surface area contributed by atoms with E-state index in [4.69, 9.17) is 20.8 Å². The lowest BCUT2D eigenvalue weighted by atomic mass is 10.2. The Hall–Kier alpha value is -3.38. The highest BCUT2D eigenvalue weighted by Crippen LogP contribution is 2.27. The van der Waals surface area contributed by atoms with Crippen molar-refractivity contribution in [3.63, 3.8) is 0 Å². The van der Waals surface area contributed by atoms with Gasteiger partial charge in [-0.3, -0.25) is 4.79 Å². The molecule has 2 aromatic carbocycles. The van der Waals surface area contributed by atoms with Crippen LogP contribution < -0.4 is 10.1 Å². The Bertz CT molecular complexity index is 1120. The Morgan fingerprint density at radius 3 is 2.70 bits per heavy atom. The minimum absolute atomic E-state index is 0.152. The summed E-state index contributed by atoms with van der Waals surface area (Å²) >= 11 is 5.96. The fourth-order valence-corrected chi connectivity index (χ4v) is 2.82. The third kappa shape index (κ3) is 3.47. The third-order valence-electron chi connectivity index (χ3n) is 3.99. The largest absolute Gasteiger partial charge is 0.497 e. The van der Waals surface area contributed by atoms with Gasteiger partial charge < -0.3 is 14.5 Å². The predicted molar refractivity (Wildman–Crippen MR) is 103 cm³/mol. The molecule has 134 valence electrons. The Kier molecular flexibility index (Phi) is 4.48. The number of aromatic nitrogens is 2. The smallest absolute Gasteiger partial charge is 0.258 e. The molecule has 2 aromatic heterocycles. The number of hydrogen-bond acceptors (Lipinski definition) is 5. The van der Waals surface area contributed by atoms with Crippen LogP contribution in [0.4, 0.5) is 5.69 Å². The zero-order chi connectivity index (χ0) is 18.8. The molecule has 0 bridgehead atoms. The van der Waals surface area contributed by atoms with Crippen molar-refractivity contribution in [1.82, 2.24) is 9.97 Å². The molecule has 2 heterocycles. The van der Waals surface area contributed by atoms with Gasteiger partial charge in [0.15, 0.2) is 5.58 Å². The fraction of sp³-hybridized carbons (Fsp3) is 0.0500. The number of amides is 1.